The molecular weight excluding hydrogens is 420 g/mol. The topological polar surface area (TPSA) is 53.4 Å². The van der Waals surface area contributed by atoms with E-state index in [0.717, 1.165) is 54.7 Å². The van der Waals surface area contributed by atoms with Gasteiger partial charge in [-0.15, -0.1) is 0 Å². The van der Waals surface area contributed by atoms with E-state index < -0.39 is 0 Å². The van der Waals surface area contributed by atoms with Crippen molar-refractivity contribution in [2.75, 3.05) is 13.1 Å². The molecule has 0 aliphatic carbocycles. The maximum Gasteiger partial charge on any atom is 0.332 e. The summed E-state index contributed by atoms with van der Waals surface area (Å²) in [4.78, 5) is 22.9. The Morgan fingerprint density at radius 1 is 0.853 bits per heavy atom. The number of likely N-dealkylation sites (tertiary alicyclic amines) is 1. The van der Waals surface area contributed by atoms with Crippen LogP contribution in [0.2, 0.25) is 0 Å². The van der Waals surface area contributed by atoms with Gasteiger partial charge in [-0.2, -0.15) is 0 Å². The number of hydrogen-bond acceptors (Lipinski definition) is 3. The average Bonchev–Trinajstić information content (AvgIpc) is 3.31. The molecule has 1 fully saturated rings. The molecule has 6 rings (SSSR count). The standard InChI is InChI=1S/C29H28N4O/c34-29-31-26-14-8-7-13-25(26)28-30-19-24(33(28)29)20-32-17-15-23(16-18-32)27(21-9-3-1-4-10-21)22-11-5-2-6-12-22/h1-14,19,23,27H,15-18,20H2,(H,31,34). The summed E-state index contributed by atoms with van der Waals surface area (Å²) < 4.78 is 1.74. The smallest absolute Gasteiger partial charge is 0.306 e. The maximum absolute atomic E-state index is 12.8. The second-order valence-corrected chi connectivity index (χ2v) is 9.30. The van der Waals surface area contributed by atoms with Gasteiger partial charge in [0, 0.05) is 17.8 Å². The van der Waals surface area contributed by atoms with Crippen molar-refractivity contribution in [3.8, 4) is 0 Å². The van der Waals surface area contributed by atoms with Crippen LogP contribution in [0.5, 0.6) is 0 Å². The highest BCUT2D eigenvalue weighted by Gasteiger charge is 2.29. The van der Waals surface area contributed by atoms with E-state index in [2.05, 4.69) is 75.5 Å². The van der Waals surface area contributed by atoms with Crippen molar-refractivity contribution in [3.63, 3.8) is 0 Å². The van der Waals surface area contributed by atoms with Gasteiger partial charge in [-0.3, -0.25) is 4.90 Å². The molecule has 1 aliphatic heterocycles. The molecule has 1 saturated heterocycles. The lowest BCUT2D eigenvalue weighted by atomic mass is 9.76. The number of hydrogen-bond donors (Lipinski definition) is 1. The van der Waals surface area contributed by atoms with E-state index in [-0.39, 0.29) is 5.69 Å². The van der Waals surface area contributed by atoms with Crippen molar-refractivity contribution in [1.29, 1.82) is 0 Å². The summed E-state index contributed by atoms with van der Waals surface area (Å²) in [5.41, 5.74) is 5.18. The molecule has 5 aromatic rings. The molecule has 0 radical (unpaired) electrons. The number of nitrogens with zero attached hydrogens (tertiary/aromatic N) is 3. The Bertz CT molecular complexity index is 1420. The van der Waals surface area contributed by atoms with Crippen molar-refractivity contribution in [2.24, 2.45) is 5.92 Å². The molecule has 0 atom stereocenters. The van der Waals surface area contributed by atoms with Crippen LogP contribution >= 0.6 is 0 Å². The number of H-pyrrole nitrogens is 1. The molecule has 0 spiro atoms. The number of para-hydroxylation sites is 1. The maximum atomic E-state index is 12.8. The normalized spacial score (nSPS) is 15.4. The third kappa shape index (κ3) is 3.82. The van der Waals surface area contributed by atoms with E-state index in [4.69, 9.17) is 0 Å². The van der Waals surface area contributed by atoms with Crippen LogP contribution in [0.4, 0.5) is 0 Å². The highest BCUT2D eigenvalue weighted by Crippen LogP contribution is 2.38. The highest BCUT2D eigenvalue weighted by atomic mass is 16.1. The Hall–Kier alpha value is -3.70. The second kappa shape index (κ2) is 8.92. The Morgan fingerprint density at radius 2 is 1.47 bits per heavy atom. The largest absolute Gasteiger partial charge is 0.332 e. The zero-order valence-electron chi connectivity index (χ0n) is 19.1. The van der Waals surface area contributed by atoms with Crippen LogP contribution < -0.4 is 5.69 Å². The molecule has 34 heavy (non-hydrogen) atoms. The van der Waals surface area contributed by atoms with Crippen LogP contribution in [0, 0.1) is 5.92 Å². The number of fused-ring (bicyclic) bond motifs is 3. The Kier molecular flexibility index (Phi) is 5.47. The monoisotopic (exact) mass is 448 g/mol. The first-order valence-electron chi connectivity index (χ1n) is 12.1. The SMILES string of the molecule is O=c1[nH]c2ccccc2c2ncc(CN3CCC(C(c4ccccc4)c4ccccc4)CC3)n12. The molecule has 5 heteroatoms. The number of piperidine rings is 1. The molecule has 0 amide bonds. The number of benzene rings is 3. The molecule has 3 aromatic carbocycles. The second-order valence-electron chi connectivity index (χ2n) is 9.30. The van der Waals surface area contributed by atoms with Gasteiger partial charge in [0.1, 0.15) is 0 Å². The van der Waals surface area contributed by atoms with Crippen LogP contribution in [0.15, 0.2) is 95.9 Å². The van der Waals surface area contributed by atoms with Crippen molar-refractivity contribution in [2.45, 2.75) is 25.3 Å². The van der Waals surface area contributed by atoms with Gasteiger partial charge in [-0.05, 0) is 55.1 Å². The molecule has 1 aliphatic rings. The van der Waals surface area contributed by atoms with Crippen molar-refractivity contribution in [3.05, 3.63) is 118 Å². The summed E-state index contributed by atoms with van der Waals surface area (Å²) in [5.74, 6) is 1.00. The Morgan fingerprint density at radius 3 is 2.15 bits per heavy atom. The van der Waals surface area contributed by atoms with Gasteiger partial charge in [0.15, 0.2) is 5.65 Å². The van der Waals surface area contributed by atoms with E-state index in [1.165, 1.54) is 11.1 Å². The first-order valence-corrected chi connectivity index (χ1v) is 12.1. The summed E-state index contributed by atoms with van der Waals surface area (Å²) >= 11 is 0. The lowest BCUT2D eigenvalue weighted by Gasteiger charge is -2.36. The van der Waals surface area contributed by atoms with Crippen molar-refractivity contribution >= 4 is 16.6 Å². The predicted octanol–water partition coefficient (Wildman–Crippen LogP) is 5.22. The van der Waals surface area contributed by atoms with Gasteiger partial charge in [0.2, 0.25) is 0 Å². The fourth-order valence-corrected chi connectivity index (χ4v) is 5.60. The molecule has 0 unspecified atom stereocenters. The molecule has 1 N–H and O–H groups in total. The zero-order chi connectivity index (χ0) is 22.9. The van der Waals surface area contributed by atoms with Crippen LogP contribution in [-0.2, 0) is 6.54 Å². The first kappa shape index (κ1) is 20.9. The first-order chi connectivity index (χ1) is 16.8. The van der Waals surface area contributed by atoms with Crippen LogP contribution in [0.1, 0.15) is 35.6 Å². The van der Waals surface area contributed by atoms with Gasteiger partial charge in [-0.1, -0.05) is 72.8 Å². The third-order valence-corrected chi connectivity index (χ3v) is 7.25. The minimum Gasteiger partial charge on any atom is -0.306 e. The predicted molar refractivity (Wildman–Crippen MR) is 136 cm³/mol. The van der Waals surface area contributed by atoms with Gasteiger partial charge in [0.05, 0.1) is 17.4 Å². The van der Waals surface area contributed by atoms with Crippen molar-refractivity contribution < 1.29 is 0 Å². The van der Waals surface area contributed by atoms with E-state index in [0.29, 0.717) is 11.8 Å². The Balaban J connectivity index is 1.23. The summed E-state index contributed by atoms with van der Waals surface area (Å²) in [6.07, 6.45) is 4.12. The molecule has 3 heterocycles. The van der Waals surface area contributed by atoms with Crippen LogP contribution in [0.3, 0.4) is 0 Å². The van der Waals surface area contributed by atoms with Gasteiger partial charge in [-0.25, -0.2) is 14.2 Å². The number of rotatable bonds is 5. The average molecular weight is 449 g/mol. The fourth-order valence-electron chi connectivity index (χ4n) is 5.60. The summed E-state index contributed by atoms with van der Waals surface area (Å²) in [7, 11) is 0. The minimum absolute atomic E-state index is 0.121. The van der Waals surface area contributed by atoms with Crippen LogP contribution in [0.25, 0.3) is 16.6 Å². The van der Waals surface area contributed by atoms with Gasteiger partial charge >= 0.3 is 5.69 Å². The highest BCUT2D eigenvalue weighted by molar-refractivity contribution is 5.91. The number of nitrogens with one attached hydrogen (secondary N) is 1. The summed E-state index contributed by atoms with van der Waals surface area (Å²) in [6.45, 7) is 2.76. The number of imidazole rings is 1. The van der Waals surface area contributed by atoms with Gasteiger partial charge in [0.25, 0.3) is 0 Å². The van der Waals surface area contributed by atoms with Crippen molar-refractivity contribution in [1.82, 2.24) is 19.3 Å². The number of aromatic nitrogens is 3. The molecular formula is C29H28N4O. The Labute approximate surface area is 198 Å². The van der Waals surface area contributed by atoms with Crippen LogP contribution in [-0.4, -0.2) is 32.4 Å². The number of aromatic amines is 1. The van der Waals surface area contributed by atoms with E-state index in [9.17, 15) is 4.79 Å². The minimum atomic E-state index is -0.121. The summed E-state index contributed by atoms with van der Waals surface area (Å²) in [5, 5.41) is 0.973. The summed E-state index contributed by atoms with van der Waals surface area (Å²) in [6, 6.07) is 29.7. The molecule has 170 valence electrons. The van der Waals surface area contributed by atoms with E-state index >= 15 is 0 Å². The third-order valence-electron chi connectivity index (χ3n) is 7.25. The van der Waals surface area contributed by atoms with Gasteiger partial charge < -0.3 is 4.98 Å². The quantitative estimate of drug-likeness (QED) is 0.401. The van der Waals surface area contributed by atoms with E-state index in [1.54, 1.807) is 4.40 Å². The zero-order valence-corrected chi connectivity index (χ0v) is 19.1. The van der Waals surface area contributed by atoms with E-state index in [1.807, 2.05) is 30.5 Å². The fraction of sp³-hybridized carbons (Fsp3) is 0.241. The lowest BCUT2D eigenvalue weighted by Crippen LogP contribution is -2.36. The molecule has 2 aromatic heterocycles. The lowest BCUT2D eigenvalue weighted by molar-refractivity contribution is 0.166. The molecule has 0 saturated carbocycles. The molecule has 0 bridgehead atoms. The molecule has 5 nitrogen and oxygen atoms in total.